The molecule has 2 rings (SSSR count). The van der Waals surface area contributed by atoms with Crippen LogP contribution in [-0.4, -0.2) is 20.7 Å². The lowest BCUT2D eigenvalue weighted by molar-refractivity contribution is -0.120. The largest absolute Gasteiger partial charge is 0.350 e. The van der Waals surface area contributed by atoms with Crippen molar-refractivity contribution < 1.29 is 4.79 Å². The molecule has 0 aromatic carbocycles. The molecular weight excluding hydrogens is 228 g/mol. The SMILES string of the molecule is Cc1cc(CC(=O)NCc2ccccn2)n(C)n1. The van der Waals surface area contributed by atoms with Crippen LogP contribution in [0.1, 0.15) is 17.1 Å². The minimum Gasteiger partial charge on any atom is -0.350 e. The van der Waals surface area contributed by atoms with Crippen molar-refractivity contribution in [2.24, 2.45) is 7.05 Å². The van der Waals surface area contributed by atoms with Gasteiger partial charge in [0.2, 0.25) is 5.91 Å². The van der Waals surface area contributed by atoms with E-state index in [-0.39, 0.29) is 5.91 Å². The highest BCUT2D eigenvalue weighted by Gasteiger charge is 2.08. The maximum Gasteiger partial charge on any atom is 0.226 e. The molecule has 0 spiro atoms. The van der Waals surface area contributed by atoms with Gasteiger partial charge in [-0.2, -0.15) is 5.10 Å². The summed E-state index contributed by atoms with van der Waals surface area (Å²) in [5.74, 6) is -0.0244. The number of nitrogens with zero attached hydrogens (tertiary/aromatic N) is 3. The zero-order valence-corrected chi connectivity index (χ0v) is 10.6. The Balaban J connectivity index is 1.88. The zero-order valence-electron chi connectivity index (χ0n) is 10.6. The second kappa shape index (κ2) is 5.44. The van der Waals surface area contributed by atoms with Crippen LogP contribution >= 0.6 is 0 Å². The van der Waals surface area contributed by atoms with E-state index in [0.29, 0.717) is 13.0 Å². The number of aryl methyl sites for hydroxylation is 2. The zero-order chi connectivity index (χ0) is 13.0. The van der Waals surface area contributed by atoms with Crippen LogP contribution in [0.25, 0.3) is 0 Å². The van der Waals surface area contributed by atoms with E-state index < -0.39 is 0 Å². The molecule has 0 aliphatic carbocycles. The van der Waals surface area contributed by atoms with Crippen molar-refractivity contribution in [3.8, 4) is 0 Å². The second-order valence-electron chi connectivity index (χ2n) is 4.18. The third-order valence-electron chi connectivity index (χ3n) is 2.63. The molecule has 1 N–H and O–H groups in total. The number of aromatic nitrogens is 3. The van der Waals surface area contributed by atoms with E-state index in [1.54, 1.807) is 10.9 Å². The maximum absolute atomic E-state index is 11.8. The standard InChI is InChI=1S/C13H16N4O/c1-10-7-12(17(2)16-10)8-13(18)15-9-11-5-3-4-6-14-11/h3-7H,8-9H2,1-2H3,(H,15,18). The molecule has 5 heteroatoms. The first-order valence-electron chi connectivity index (χ1n) is 5.81. The predicted octanol–water partition coefficient (Wildman–Crippen LogP) is 0.982. The third-order valence-corrected chi connectivity index (χ3v) is 2.63. The lowest BCUT2D eigenvalue weighted by Crippen LogP contribution is -2.25. The molecule has 5 nitrogen and oxygen atoms in total. The summed E-state index contributed by atoms with van der Waals surface area (Å²) in [6.07, 6.45) is 2.05. The summed E-state index contributed by atoms with van der Waals surface area (Å²) < 4.78 is 1.73. The van der Waals surface area contributed by atoms with E-state index in [1.807, 2.05) is 38.2 Å². The molecule has 94 valence electrons. The smallest absolute Gasteiger partial charge is 0.226 e. The summed E-state index contributed by atoms with van der Waals surface area (Å²) in [6.45, 7) is 2.37. The Labute approximate surface area is 106 Å². The molecule has 0 unspecified atom stereocenters. The van der Waals surface area contributed by atoms with Gasteiger partial charge in [0.15, 0.2) is 0 Å². The number of amides is 1. The fourth-order valence-corrected chi connectivity index (χ4v) is 1.75. The van der Waals surface area contributed by atoms with Crippen molar-refractivity contribution in [1.82, 2.24) is 20.1 Å². The van der Waals surface area contributed by atoms with Gasteiger partial charge in [-0.15, -0.1) is 0 Å². The Hall–Kier alpha value is -2.17. The average Bonchev–Trinajstić information content (AvgIpc) is 2.67. The van der Waals surface area contributed by atoms with Gasteiger partial charge in [0.05, 0.1) is 24.4 Å². The van der Waals surface area contributed by atoms with Crippen LogP contribution in [0.2, 0.25) is 0 Å². The lowest BCUT2D eigenvalue weighted by atomic mass is 10.2. The third kappa shape index (κ3) is 3.16. The number of hydrogen-bond donors (Lipinski definition) is 1. The van der Waals surface area contributed by atoms with Crippen LogP contribution in [0.3, 0.4) is 0 Å². The van der Waals surface area contributed by atoms with Gasteiger partial charge in [-0.3, -0.25) is 14.5 Å². The van der Waals surface area contributed by atoms with Crippen molar-refractivity contribution >= 4 is 5.91 Å². The van der Waals surface area contributed by atoms with Gasteiger partial charge in [-0.1, -0.05) is 6.07 Å². The highest BCUT2D eigenvalue weighted by atomic mass is 16.1. The summed E-state index contributed by atoms with van der Waals surface area (Å²) in [5, 5.41) is 7.05. The monoisotopic (exact) mass is 244 g/mol. The number of hydrogen-bond acceptors (Lipinski definition) is 3. The lowest BCUT2D eigenvalue weighted by Gasteiger charge is -2.04. The number of nitrogens with one attached hydrogen (secondary N) is 1. The number of carbonyl (C=O) groups excluding carboxylic acids is 1. The Bertz CT molecular complexity index is 533. The fraction of sp³-hybridized carbons (Fsp3) is 0.308. The first kappa shape index (κ1) is 12.3. The van der Waals surface area contributed by atoms with Gasteiger partial charge in [-0.05, 0) is 25.1 Å². The van der Waals surface area contributed by atoms with Crippen LogP contribution in [-0.2, 0) is 24.8 Å². The van der Waals surface area contributed by atoms with Crippen LogP contribution in [0, 0.1) is 6.92 Å². The Morgan fingerprint density at radius 2 is 2.28 bits per heavy atom. The summed E-state index contributed by atoms with van der Waals surface area (Å²) in [5.41, 5.74) is 2.68. The van der Waals surface area contributed by atoms with Crippen molar-refractivity contribution in [2.75, 3.05) is 0 Å². The minimum atomic E-state index is -0.0244. The number of rotatable bonds is 4. The molecule has 0 fully saturated rings. The molecule has 0 atom stereocenters. The number of carbonyl (C=O) groups is 1. The van der Waals surface area contributed by atoms with Gasteiger partial charge in [0.25, 0.3) is 0 Å². The Kier molecular flexibility index (Phi) is 3.72. The van der Waals surface area contributed by atoms with E-state index in [4.69, 9.17) is 0 Å². The van der Waals surface area contributed by atoms with Crippen LogP contribution in [0.5, 0.6) is 0 Å². The Morgan fingerprint density at radius 1 is 1.44 bits per heavy atom. The van der Waals surface area contributed by atoms with Crippen molar-refractivity contribution in [2.45, 2.75) is 19.9 Å². The molecule has 0 saturated carbocycles. The topological polar surface area (TPSA) is 59.8 Å². The summed E-state index contributed by atoms with van der Waals surface area (Å²) >= 11 is 0. The second-order valence-corrected chi connectivity index (χ2v) is 4.18. The average molecular weight is 244 g/mol. The van der Waals surface area contributed by atoms with E-state index in [1.165, 1.54) is 0 Å². The molecule has 0 aliphatic rings. The fourth-order valence-electron chi connectivity index (χ4n) is 1.75. The Morgan fingerprint density at radius 3 is 2.89 bits per heavy atom. The quantitative estimate of drug-likeness (QED) is 0.872. The molecular formula is C13H16N4O. The summed E-state index contributed by atoms with van der Waals surface area (Å²) in [4.78, 5) is 15.9. The summed E-state index contributed by atoms with van der Waals surface area (Å²) in [7, 11) is 1.84. The maximum atomic E-state index is 11.8. The van der Waals surface area contributed by atoms with Gasteiger partial charge in [-0.25, -0.2) is 0 Å². The van der Waals surface area contributed by atoms with Gasteiger partial charge >= 0.3 is 0 Å². The molecule has 2 aromatic rings. The van der Waals surface area contributed by atoms with Crippen LogP contribution in [0.4, 0.5) is 0 Å². The van der Waals surface area contributed by atoms with E-state index >= 15 is 0 Å². The van der Waals surface area contributed by atoms with Crippen molar-refractivity contribution in [3.63, 3.8) is 0 Å². The van der Waals surface area contributed by atoms with Gasteiger partial charge < -0.3 is 5.32 Å². The van der Waals surface area contributed by atoms with Crippen LogP contribution < -0.4 is 5.32 Å². The minimum absolute atomic E-state index is 0.0244. The molecule has 1 amide bonds. The predicted molar refractivity (Wildman–Crippen MR) is 67.7 cm³/mol. The first-order chi connectivity index (χ1) is 8.65. The molecule has 0 aliphatic heterocycles. The molecule has 0 radical (unpaired) electrons. The molecule has 0 saturated heterocycles. The van der Waals surface area contributed by atoms with Crippen molar-refractivity contribution in [3.05, 3.63) is 47.5 Å². The van der Waals surface area contributed by atoms with E-state index in [9.17, 15) is 4.79 Å². The molecule has 2 heterocycles. The van der Waals surface area contributed by atoms with Crippen LogP contribution in [0.15, 0.2) is 30.5 Å². The normalized spacial score (nSPS) is 10.3. The highest BCUT2D eigenvalue weighted by Crippen LogP contribution is 2.02. The molecule has 18 heavy (non-hydrogen) atoms. The van der Waals surface area contributed by atoms with Gasteiger partial charge in [0.1, 0.15) is 0 Å². The number of pyridine rings is 1. The molecule has 2 aromatic heterocycles. The summed E-state index contributed by atoms with van der Waals surface area (Å²) in [6, 6.07) is 7.55. The van der Waals surface area contributed by atoms with Crippen molar-refractivity contribution in [1.29, 1.82) is 0 Å². The first-order valence-corrected chi connectivity index (χ1v) is 5.81. The van der Waals surface area contributed by atoms with Gasteiger partial charge in [0, 0.05) is 18.9 Å². The molecule has 0 bridgehead atoms. The highest BCUT2D eigenvalue weighted by molar-refractivity contribution is 5.78. The van der Waals surface area contributed by atoms with E-state index in [2.05, 4.69) is 15.4 Å². The van der Waals surface area contributed by atoms with E-state index in [0.717, 1.165) is 17.1 Å².